The Morgan fingerprint density at radius 1 is 1.25 bits per heavy atom. The van der Waals surface area contributed by atoms with Crippen molar-refractivity contribution < 1.29 is 14.3 Å². The number of carbonyl (C=O) groups excluding carboxylic acids is 1. The van der Waals surface area contributed by atoms with E-state index in [0.717, 1.165) is 36.3 Å². The van der Waals surface area contributed by atoms with E-state index in [1.807, 2.05) is 35.2 Å². The molecule has 0 aliphatic carbocycles. The third kappa shape index (κ3) is 2.89. The maximum Gasteiger partial charge on any atom is 0.227 e. The van der Waals surface area contributed by atoms with Gasteiger partial charge in [-0.2, -0.15) is 0 Å². The smallest absolute Gasteiger partial charge is 0.227 e. The minimum absolute atomic E-state index is 0.0366. The molecular formula is C23H26N2O3. The maximum atomic E-state index is 13.0. The second-order valence-electron chi connectivity index (χ2n) is 8.66. The van der Waals surface area contributed by atoms with E-state index in [9.17, 15) is 4.79 Å². The third-order valence-electron chi connectivity index (χ3n) is 6.56. The van der Waals surface area contributed by atoms with Gasteiger partial charge in [0.2, 0.25) is 5.91 Å². The predicted molar refractivity (Wildman–Crippen MR) is 105 cm³/mol. The molecule has 1 aromatic carbocycles. The van der Waals surface area contributed by atoms with Gasteiger partial charge in [-0.25, -0.2) is 0 Å². The Morgan fingerprint density at radius 3 is 2.93 bits per heavy atom. The van der Waals surface area contributed by atoms with Gasteiger partial charge in [0.1, 0.15) is 11.4 Å². The summed E-state index contributed by atoms with van der Waals surface area (Å²) in [6, 6.07) is 12.2. The molecule has 2 fully saturated rings. The van der Waals surface area contributed by atoms with Gasteiger partial charge in [-0.15, -0.1) is 0 Å². The largest absolute Gasteiger partial charge is 0.487 e. The minimum atomic E-state index is -0.329. The van der Waals surface area contributed by atoms with Gasteiger partial charge in [0, 0.05) is 30.4 Å². The number of ether oxygens (including phenoxy) is 2. The number of nitrogens with zero attached hydrogens (tertiary/aromatic N) is 2. The lowest BCUT2D eigenvalue weighted by atomic mass is 9.74. The molecule has 146 valence electrons. The van der Waals surface area contributed by atoms with Crippen LogP contribution in [0.2, 0.25) is 0 Å². The van der Waals surface area contributed by atoms with Crippen LogP contribution in [-0.2, 0) is 16.0 Å². The first-order chi connectivity index (χ1) is 13.5. The third-order valence-corrected chi connectivity index (χ3v) is 6.56. The Bertz CT molecular complexity index is 882. The molecule has 5 rings (SSSR count). The van der Waals surface area contributed by atoms with Gasteiger partial charge in [0.05, 0.1) is 24.7 Å². The number of hydrogen-bond donors (Lipinski definition) is 0. The van der Waals surface area contributed by atoms with Crippen molar-refractivity contribution in [1.82, 2.24) is 9.88 Å². The normalized spacial score (nSPS) is 30.0. The predicted octanol–water partition coefficient (Wildman–Crippen LogP) is 3.54. The van der Waals surface area contributed by atoms with Gasteiger partial charge < -0.3 is 14.4 Å². The number of benzene rings is 1. The molecule has 0 unspecified atom stereocenters. The van der Waals surface area contributed by atoms with E-state index in [1.54, 1.807) is 12.4 Å². The van der Waals surface area contributed by atoms with Crippen LogP contribution in [0.4, 0.5) is 0 Å². The summed E-state index contributed by atoms with van der Waals surface area (Å²) >= 11 is 0. The molecule has 0 spiro atoms. The fourth-order valence-electron chi connectivity index (χ4n) is 5.12. The van der Waals surface area contributed by atoms with Gasteiger partial charge in [0.15, 0.2) is 0 Å². The zero-order valence-corrected chi connectivity index (χ0v) is 16.4. The number of amides is 1. The van der Waals surface area contributed by atoms with Crippen LogP contribution in [0.3, 0.4) is 0 Å². The summed E-state index contributed by atoms with van der Waals surface area (Å²) in [6.07, 6.45) is 5.85. The number of aromatic nitrogens is 1. The van der Waals surface area contributed by atoms with E-state index >= 15 is 0 Å². The average molecular weight is 378 g/mol. The summed E-state index contributed by atoms with van der Waals surface area (Å²) in [7, 11) is 0. The maximum absolute atomic E-state index is 13.0. The highest BCUT2D eigenvalue weighted by Gasteiger charge is 2.53. The van der Waals surface area contributed by atoms with E-state index in [1.165, 1.54) is 0 Å². The van der Waals surface area contributed by atoms with Crippen molar-refractivity contribution in [1.29, 1.82) is 0 Å². The first-order valence-electron chi connectivity index (χ1n) is 10.1. The summed E-state index contributed by atoms with van der Waals surface area (Å²) in [5, 5.41) is 0. The molecular weight excluding hydrogens is 352 g/mol. The van der Waals surface area contributed by atoms with Crippen LogP contribution >= 0.6 is 0 Å². The quantitative estimate of drug-likeness (QED) is 0.802. The van der Waals surface area contributed by atoms with Crippen LogP contribution in [0.1, 0.15) is 43.9 Å². The number of carbonyl (C=O) groups is 1. The van der Waals surface area contributed by atoms with E-state index in [0.29, 0.717) is 6.42 Å². The molecule has 4 atom stereocenters. The lowest BCUT2D eigenvalue weighted by Gasteiger charge is -2.50. The van der Waals surface area contributed by atoms with Gasteiger partial charge in [0.25, 0.3) is 0 Å². The number of rotatable bonds is 2. The molecule has 0 N–H and O–H groups in total. The Morgan fingerprint density at radius 2 is 2.11 bits per heavy atom. The molecule has 2 aromatic rings. The fourth-order valence-corrected chi connectivity index (χ4v) is 5.12. The Balaban J connectivity index is 1.39. The lowest BCUT2D eigenvalue weighted by molar-refractivity contribution is -0.167. The second kappa shape index (κ2) is 6.59. The molecule has 28 heavy (non-hydrogen) atoms. The highest BCUT2D eigenvalue weighted by Crippen LogP contribution is 2.52. The molecule has 3 aliphatic heterocycles. The van der Waals surface area contributed by atoms with E-state index in [-0.39, 0.29) is 35.7 Å². The summed E-state index contributed by atoms with van der Waals surface area (Å²) in [6.45, 7) is 5.04. The molecule has 2 saturated heterocycles. The Hall–Kier alpha value is -2.40. The topological polar surface area (TPSA) is 51.7 Å². The van der Waals surface area contributed by atoms with E-state index in [2.05, 4.69) is 24.9 Å². The van der Waals surface area contributed by atoms with Gasteiger partial charge in [-0.05, 0) is 44.4 Å². The van der Waals surface area contributed by atoms with E-state index < -0.39 is 0 Å². The molecule has 5 nitrogen and oxygen atoms in total. The van der Waals surface area contributed by atoms with Crippen LogP contribution in [0.15, 0.2) is 48.8 Å². The summed E-state index contributed by atoms with van der Waals surface area (Å²) in [4.78, 5) is 19.2. The summed E-state index contributed by atoms with van der Waals surface area (Å²) in [5.41, 5.74) is 1.77. The van der Waals surface area contributed by atoms with Crippen molar-refractivity contribution in [2.45, 2.75) is 57.0 Å². The first kappa shape index (κ1) is 17.7. The van der Waals surface area contributed by atoms with Crippen LogP contribution in [-0.4, -0.2) is 40.1 Å². The summed E-state index contributed by atoms with van der Waals surface area (Å²) in [5.74, 6) is 1.31. The molecule has 0 bridgehead atoms. The Labute approximate surface area is 165 Å². The highest BCUT2D eigenvalue weighted by atomic mass is 16.5. The van der Waals surface area contributed by atoms with Crippen molar-refractivity contribution in [3.05, 3.63) is 59.9 Å². The molecule has 3 aliphatic rings. The zero-order valence-electron chi connectivity index (χ0n) is 16.4. The van der Waals surface area contributed by atoms with Crippen molar-refractivity contribution in [2.24, 2.45) is 5.92 Å². The van der Waals surface area contributed by atoms with Gasteiger partial charge in [-0.3, -0.25) is 9.78 Å². The monoisotopic (exact) mass is 378 g/mol. The fraction of sp³-hybridized carbons (Fsp3) is 0.478. The zero-order chi connectivity index (χ0) is 19.3. The average Bonchev–Trinajstić information content (AvgIpc) is 3.11. The van der Waals surface area contributed by atoms with Crippen molar-refractivity contribution in [3.8, 4) is 5.75 Å². The van der Waals surface area contributed by atoms with Crippen LogP contribution < -0.4 is 4.74 Å². The molecule has 1 aromatic heterocycles. The molecule has 1 amide bonds. The SMILES string of the molecule is CC1(C)Oc2ccccc2[C@@H]2O[C@@H]3CCN(C(=O)Cc4cccnc4)[C@@H]3C[C@H]21. The molecule has 5 heteroatoms. The van der Waals surface area contributed by atoms with Crippen molar-refractivity contribution >= 4 is 5.91 Å². The summed E-state index contributed by atoms with van der Waals surface area (Å²) < 4.78 is 13.0. The number of pyridine rings is 1. The van der Waals surface area contributed by atoms with Gasteiger partial charge >= 0.3 is 0 Å². The van der Waals surface area contributed by atoms with Crippen LogP contribution in [0.25, 0.3) is 0 Å². The highest BCUT2D eigenvalue weighted by molar-refractivity contribution is 5.79. The van der Waals surface area contributed by atoms with Gasteiger partial charge in [-0.1, -0.05) is 24.3 Å². The number of fused-ring (bicyclic) bond motifs is 4. The minimum Gasteiger partial charge on any atom is -0.487 e. The number of hydrogen-bond acceptors (Lipinski definition) is 4. The standard InChI is InChI=1S/C23H26N2O3/c1-23(2)17-13-18-20(27-22(17)16-7-3-4-8-19(16)28-23)9-11-25(18)21(26)12-15-6-5-10-24-14-15/h3-8,10,14,17-18,20,22H,9,11-13H2,1-2H3/t17-,18-,20-,22+/m1/s1. The van der Waals surface area contributed by atoms with Crippen LogP contribution in [0, 0.1) is 5.92 Å². The van der Waals surface area contributed by atoms with Crippen molar-refractivity contribution in [3.63, 3.8) is 0 Å². The molecule has 4 heterocycles. The number of para-hydroxylation sites is 1. The first-order valence-corrected chi connectivity index (χ1v) is 10.1. The second-order valence-corrected chi connectivity index (χ2v) is 8.66. The van der Waals surface area contributed by atoms with Crippen LogP contribution in [0.5, 0.6) is 5.75 Å². The van der Waals surface area contributed by atoms with Crippen molar-refractivity contribution in [2.75, 3.05) is 6.54 Å². The molecule has 0 radical (unpaired) electrons. The Kier molecular flexibility index (Phi) is 4.16. The van der Waals surface area contributed by atoms with E-state index in [4.69, 9.17) is 9.47 Å². The molecule has 0 saturated carbocycles. The lowest BCUT2D eigenvalue weighted by Crippen LogP contribution is -2.54. The number of likely N-dealkylation sites (tertiary alicyclic amines) is 1.